The second-order valence-electron chi connectivity index (χ2n) is 5.93. The van der Waals surface area contributed by atoms with Gasteiger partial charge >= 0.3 is 5.97 Å². The molecule has 0 spiro atoms. The van der Waals surface area contributed by atoms with Gasteiger partial charge in [-0.2, -0.15) is 0 Å². The Morgan fingerprint density at radius 2 is 1.96 bits per heavy atom. The average molecular weight is 336 g/mol. The highest BCUT2D eigenvalue weighted by molar-refractivity contribution is 5.94. The van der Waals surface area contributed by atoms with Crippen molar-refractivity contribution >= 4 is 17.8 Å². The van der Waals surface area contributed by atoms with Gasteiger partial charge in [-0.3, -0.25) is 14.4 Å². The van der Waals surface area contributed by atoms with Crippen LogP contribution >= 0.6 is 0 Å². The van der Waals surface area contributed by atoms with Crippen molar-refractivity contribution in [3.05, 3.63) is 35.6 Å². The molecule has 0 unspecified atom stereocenters. The Kier molecular flexibility index (Phi) is 5.89. The molecular weight excluding hydrogens is 315 g/mol. The van der Waals surface area contributed by atoms with E-state index in [1.54, 1.807) is 11.8 Å². The molecule has 24 heavy (non-hydrogen) atoms. The highest BCUT2D eigenvalue weighted by Crippen LogP contribution is 2.24. The maximum atomic E-state index is 12.8. The highest BCUT2D eigenvalue weighted by Gasteiger charge is 2.34. The van der Waals surface area contributed by atoms with Crippen LogP contribution in [-0.2, 0) is 9.59 Å². The summed E-state index contributed by atoms with van der Waals surface area (Å²) in [5.41, 5.74) is 0.320. The topological polar surface area (TPSA) is 86.7 Å². The summed E-state index contributed by atoms with van der Waals surface area (Å²) in [7, 11) is 0. The van der Waals surface area contributed by atoms with E-state index in [0.717, 1.165) is 0 Å². The number of piperidine rings is 1. The summed E-state index contributed by atoms with van der Waals surface area (Å²) in [6, 6.07) is 4.78. The Hall–Kier alpha value is -2.44. The van der Waals surface area contributed by atoms with Gasteiger partial charge < -0.3 is 15.3 Å². The molecule has 1 aromatic rings. The predicted molar refractivity (Wildman–Crippen MR) is 84.9 cm³/mol. The number of carboxylic acids is 1. The minimum atomic E-state index is -0.885. The first-order valence-corrected chi connectivity index (χ1v) is 7.96. The van der Waals surface area contributed by atoms with Gasteiger partial charge in [-0.1, -0.05) is 0 Å². The van der Waals surface area contributed by atoms with Crippen molar-refractivity contribution in [2.24, 2.45) is 5.92 Å². The highest BCUT2D eigenvalue weighted by atomic mass is 19.1. The lowest BCUT2D eigenvalue weighted by Crippen LogP contribution is -2.49. The molecule has 1 aliphatic rings. The van der Waals surface area contributed by atoms with Gasteiger partial charge in [-0.25, -0.2) is 4.39 Å². The molecule has 1 heterocycles. The minimum Gasteiger partial charge on any atom is -0.481 e. The Labute approximate surface area is 139 Å². The van der Waals surface area contributed by atoms with Gasteiger partial charge in [0.25, 0.3) is 5.91 Å². The van der Waals surface area contributed by atoms with Gasteiger partial charge in [0.15, 0.2) is 0 Å². The zero-order chi connectivity index (χ0) is 17.7. The second-order valence-corrected chi connectivity index (χ2v) is 5.93. The monoisotopic (exact) mass is 336 g/mol. The third-order valence-electron chi connectivity index (χ3n) is 4.36. The van der Waals surface area contributed by atoms with Crippen LogP contribution in [0.2, 0.25) is 0 Å². The summed E-state index contributed by atoms with van der Waals surface area (Å²) < 4.78 is 12.8. The van der Waals surface area contributed by atoms with Gasteiger partial charge in [0.05, 0.1) is 5.92 Å². The van der Waals surface area contributed by atoms with Crippen LogP contribution in [0.3, 0.4) is 0 Å². The quantitative estimate of drug-likeness (QED) is 0.856. The SMILES string of the molecule is C[C@@H]1[C@H](C(=O)O)CCCN1C(=O)CCNC(=O)c1ccc(F)cc1. The molecule has 1 aromatic carbocycles. The van der Waals surface area contributed by atoms with Crippen molar-refractivity contribution in [3.8, 4) is 0 Å². The summed E-state index contributed by atoms with van der Waals surface area (Å²) >= 11 is 0. The molecule has 2 atom stereocenters. The Morgan fingerprint density at radius 3 is 2.58 bits per heavy atom. The summed E-state index contributed by atoms with van der Waals surface area (Å²) in [5, 5.41) is 11.8. The number of nitrogens with one attached hydrogen (secondary N) is 1. The normalized spacial score (nSPS) is 20.5. The molecule has 0 aromatic heterocycles. The van der Waals surface area contributed by atoms with Gasteiger partial charge in [-0.05, 0) is 44.0 Å². The number of carbonyl (C=O) groups is 3. The van der Waals surface area contributed by atoms with Crippen molar-refractivity contribution in [2.75, 3.05) is 13.1 Å². The van der Waals surface area contributed by atoms with Crippen LogP contribution in [-0.4, -0.2) is 46.9 Å². The third-order valence-corrected chi connectivity index (χ3v) is 4.36. The van der Waals surface area contributed by atoms with Crippen molar-refractivity contribution < 1.29 is 23.9 Å². The number of halogens is 1. The first-order valence-electron chi connectivity index (χ1n) is 7.96. The number of rotatable bonds is 5. The Morgan fingerprint density at radius 1 is 1.29 bits per heavy atom. The molecule has 0 saturated carbocycles. The molecular formula is C17H21FN2O4. The fraction of sp³-hybridized carbons (Fsp3) is 0.471. The smallest absolute Gasteiger partial charge is 0.308 e. The number of hydrogen-bond donors (Lipinski definition) is 2. The molecule has 2 amide bonds. The zero-order valence-corrected chi connectivity index (χ0v) is 13.5. The zero-order valence-electron chi connectivity index (χ0n) is 13.5. The molecule has 0 aliphatic carbocycles. The lowest BCUT2D eigenvalue weighted by molar-refractivity contribution is -0.149. The summed E-state index contributed by atoms with van der Waals surface area (Å²) in [4.78, 5) is 36.9. The predicted octanol–water partition coefficient (Wildman–Crippen LogP) is 1.66. The van der Waals surface area contributed by atoms with Crippen LogP contribution in [0.15, 0.2) is 24.3 Å². The van der Waals surface area contributed by atoms with Crippen LogP contribution in [0, 0.1) is 11.7 Å². The maximum absolute atomic E-state index is 12.8. The molecule has 0 radical (unpaired) electrons. The van der Waals surface area contributed by atoms with Gasteiger partial charge in [0.2, 0.25) is 5.91 Å². The van der Waals surface area contributed by atoms with Crippen LogP contribution < -0.4 is 5.32 Å². The summed E-state index contributed by atoms with van der Waals surface area (Å²) in [6.07, 6.45) is 1.33. The molecule has 7 heteroatoms. The van der Waals surface area contributed by atoms with Gasteiger partial charge in [0.1, 0.15) is 5.82 Å². The van der Waals surface area contributed by atoms with E-state index in [0.29, 0.717) is 24.9 Å². The van der Waals surface area contributed by atoms with E-state index in [2.05, 4.69) is 5.32 Å². The van der Waals surface area contributed by atoms with E-state index >= 15 is 0 Å². The number of amides is 2. The average Bonchev–Trinajstić information content (AvgIpc) is 2.55. The van der Waals surface area contributed by atoms with Crippen LogP contribution in [0.25, 0.3) is 0 Å². The number of aliphatic carboxylic acids is 1. The lowest BCUT2D eigenvalue weighted by Gasteiger charge is -2.37. The number of carboxylic acid groups (broad SMARTS) is 1. The number of carbonyl (C=O) groups excluding carboxylic acids is 2. The van der Waals surface area contributed by atoms with Gasteiger partial charge in [0, 0.05) is 31.1 Å². The standard InChI is InChI=1S/C17H21FN2O4/c1-11-14(17(23)24)3-2-10-20(11)15(21)8-9-19-16(22)12-4-6-13(18)7-5-12/h4-7,11,14H,2-3,8-10H2,1H3,(H,19,22)(H,23,24)/t11-,14-/m1/s1. The first-order chi connectivity index (χ1) is 11.4. The number of nitrogens with zero attached hydrogens (tertiary/aromatic N) is 1. The third kappa shape index (κ3) is 4.31. The largest absolute Gasteiger partial charge is 0.481 e. The fourth-order valence-electron chi connectivity index (χ4n) is 2.96. The van der Waals surface area contributed by atoms with Crippen LogP contribution in [0.1, 0.15) is 36.5 Å². The van der Waals surface area contributed by atoms with E-state index in [-0.39, 0.29) is 30.8 Å². The van der Waals surface area contributed by atoms with E-state index in [1.165, 1.54) is 24.3 Å². The number of benzene rings is 1. The van der Waals surface area contributed by atoms with E-state index < -0.39 is 17.7 Å². The first kappa shape index (κ1) is 17.9. The van der Waals surface area contributed by atoms with Crippen molar-refractivity contribution in [3.63, 3.8) is 0 Å². The second kappa shape index (κ2) is 7.90. The molecule has 1 saturated heterocycles. The molecule has 1 aliphatic heterocycles. The van der Waals surface area contributed by atoms with E-state index in [9.17, 15) is 23.9 Å². The van der Waals surface area contributed by atoms with E-state index in [1.807, 2.05) is 0 Å². The molecule has 6 nitrogen and oxygen atoms in total. The molecule has 2 N–H and O–H groups in total. The number of hydrogen-bond acceptors (Lipinski definition) is 3. The van der Waals surface area contributed by atoms with Crippen molar-refractivity contribution in [2.45, 2.75) is 32.2 Å². The Bertz CT molecular complexity index is 618. The lowest BCUT2D eigenvalue weighted by atomic mass is 9.90. The molecule has 130 valence electrons. The molecule has 2 rings (SSSR count). The summed E-state index contributed by atoms with van der Waals surface area (Å²) in [6.45, 7) is 2.43. The molecule has 1 fully saturated rings. The number of likely N-dealkylation sites (tertiary alicyclic amines) is 1. The van der Waals surface area contributed by atoms with Crippen LogP contribution in [0.5, 0.6) is 0 Å². The van der Waals surface area contributed by atoms with Crippen molar-refractivity contribution in [1.29, 1.82) is 0 Å². The van der Waals surface area contributed by atoms with Crippen molar-refractivity contribution in [1.82, 2.24) is 10.2 Å². The van der Waals surface area contributed by atoms with E-state index in [4.69, 9.17) is 0 Å². The maximum Gasteiger partial charge on any atom is 0.308 e. The summed E-state index contributed by atoms with van der Waals surface area (Å²) in [5.74, 6) is -2.40. The van der Waals surface area contributed by atoms with Crippen LogP contribution in [0.4, 0.5) is 4.39 Å². The Balaban J connectivity index is 1.83. The minimum absolute atomic E-state index is 0.101. The fourth-order valence-corrected chi connectivity index (χ4v) is 2.96. The molecule has 0 bridgehead atoms. The van der Waals surface area contributed by atoms with Gasteiger partial charge in [-0.15, -0.1) is 0 Å².